The Morgan fingerprint density at radius 2 is 1.82 bits per heavy atom. The number of aromatic nitrogens is 2. The van der Waals surface area contributed by atoms with Gasteiger partial charge in [0.15, 0.2) is 0 Å². The normalized spacial score (nSPS) is 14.5. The number of carboxylic acids is 1. The highest BCUT2D eigenvalue weighted by Gasteiger charge is 2.32. The van der Waals surface area contributed by atoms with Gasteiger partial charge in [-0.05, 0) is 54.4 Å². The maximum atomic E-state index is 11.1. The van der Waals surface area contributed by atoms with E-state index in [1.807, 2.05) is 56.3 Å². The lowest BCUT2D eigenvalue weighted by Gasteiger charge is -2.36. The second-order valence-corrected chi connectivity index (χ2v) is 8.66. The lowest BCUT2D eigenvalue weighted by atomic mass is 9.95. The van der Waals surface area contributed by atoms with Crippen molar-refractivity contribution in [3.8, 4) is 28.6 Å². The predicted octanol–water partition coefficient (Wildman–Crippen LogP) is 4.86. The Hall–Kier alpha value is -3.71. The van der Waals surface area contributed by atoms with E-state index in [1.165, 1.54) is 0 Å². The van der Waals surface area contributed by atoms with Crippen molar-refractivity contribution in [2.75, 3.05) is 13.1 Å². The summed E-state index contributed by atoms with van der Waals surface area (Å²) >= 11 is 0. The molecule has 5 rings (SSSR count). The molecule has 0 aliphatic carbocycles. The van der Waals surface area contributed by atoms with Crippen LogP contribution in [0, 0.1) is 5.92 Å². The molecule has 1 aliphatic heterocycles. The minimum Gasteiger partial charge on any atom is -0.491 e. The predicted molar refractivity (Wildman–Crippen MR) is 125 cm³/mol. The highest BCUT2D eigenvalue weighted by atomic mass is 16.5. The van der Waals surface area contributed by atoms with Crippen LogP contribution in [-0.4, -0.2) is 45.3 Å². The first-order chi connectivity index (χ1) is 16.0. The van der Waals surface area contributed by atoms with E-state index in [9.17, 15) is 4.79 Å². The number of nitrogens with zero attached hydrogens (tertiary/aromatic N) is 3. The summed E-state index contributed by atoms with van der Waals surface area (Å²) in [6, 6.07) is 19.8. The zero-order valence-electron chi connectivity index (χ0n) is 18.6. The van der Waals surface area contributed by atoms with Gasteiger partial charge >= 0.3 is 5.97 Å². The smallest absolute Gasteiger partial charge is 0.309 e. The first-order valence-corrected chi connectivity index (χ1v) is 11.0. The third-order valence-corrected chi connectivity index (χ3v) is 5.85. The molecule has 1 saturated heterocycles. The Kier molecular flexibility index (Phi) is 5.56. The SMILES string of the molecule is CC(C)Oc1ccc(-c2nc(-c3ccc(CN4CC(C(=O)O)C4)c4ccccc34)no2)cc1. The average Bonchev–Trinajstić information content (AvgIpc) is 3.25. The summed E-state index contributed by atoms with van der Waals surface area (Å²) in [6.45, 7) is 5.86. The molecule has 1 N–H and O–H groups in total. The fraction of sp³-hybridized carbons (Fsp3) is 0.269. The maximum Gasteiger partial charge on any atom is 0.309 e. The van der Waals surface area contributed by atoms with Gasteiger partial charge in [0.05, 0.1) is 12.0 Å². The van der Waals surface area contributed by atoms with Crippen LogP contribution in [0.2, 0.25) is 0 Å². The van der Waals surface area contributed by atoms with Crippen LogP contribution in [-0.2, 0) is 11.3 Å². The van der Waals surface area contributed by atoms with Crippen molar-refractivity contribution in [3.05, 3.63) is 66.2 Å². The Morgan fingerprint density at radius 3 is 2.52 bits per heavy atom. The van der Waals surface area contributed by atoms with Gasteiger partial charge in [-0.15, -0.1) is 0 Å². The van der Waals surface area contributed by atoms with Crippen molar-refractivity contribution in [3.63, 3.8) is 0 Å². The second-order valence-electron chi connectivity index (χ2n) is 8.66. The molecule has 7 heteroatoms. The molecule has 0 amide bonds. The lowest BCUT2D eigenvalue weighted by Crippen LogP contribution is -2.49. The number of likely N-dealkylation sites (tertiary alicyclic amines) is 1. The van der Waals surface area contributed by atoms with Crippen molar-refractivity contribution in [1.29, 1.82) is 0 Å². The third-order valence-electron chi connectivity index (χ3n) is 5.85. The summed E-state index contributed by atoms with van der Waals surface area (Å²) in [6.07, 6.45) is 0.113. The molecule has 0 radical (unpaired) electrons. The Labute approximate surface area is 191 Å². The molecule has 3 aromatic carbocycles. The van der Waals surface area contributed by atoms with Crippen LogP contribution < -0.4 is 4.74 Å². The van der Waals surface area contributed by atoms with E-state index in [2.05, 4.69) is 33.2 Å². The van der Waals surface area contributed by atoms with Crippen molar-refractivity contribution in [2.24, 2.45) is 5.92 Å². The molecule has 0 spiro atoms. The molecular formula is C26H25N3O4. The number of hydrogen-bond acceptors (Lipinski definition) is 6. The molecule has 0 saturated carbocycles. The number of carboxylic acid groups (broad SMARTS) is 1. The first-order valence-electron chi connectivity index (χ1n) is 11.0. The third kappa shape index (κ3) is 4.32. The maximum absolute atomic E-state index is 11.1. The quantitative estimate of drug-likeness (QED) is 0.436. The van der Waals surface area contributed by atoms with Crippen LogP contribution in [0.1, 0.15) is 19.4 Å². The molecule has 0 bridgehead atoms. The fourth-order valence-corrected chi connectivity index (χ4v) is 4.19. The highest BCUT2D eigenvalue weighted by molar-refractivity contribution is 5.97. The zero-order valence-corrected chi connectivity index (χ0v) is 18.6. The van der Waals surface area contributed by atoms with E-state index in [-0.39, 0.29) is 12.0 Å². The van der Waals surface area contributed by atoms with E-state index < -0.39 is 5.97 Å². The lowest BCUT2D eigenvalue weighted by molar-refractivity contribution is -0.147. The number of carbonyl (C=O) groups is 1. The van der Waals surface area contributed by atoms with Gasteiger partial charge in [0, 0.05) is 30.8 Å². The van der Waals surface area contributed by atoms with Crippen molar-refractivity contribution in [1.82, 2.24) is 15.0 Å². The van der Waals surface area contributed by atoms with Crippen LogP contribution in [0.5, 0.6) is 5.75 Å². The molecule has 0 atom stereocenters. The Balaban J connectivity index is 1.41. The van der Waals surface area contributed by atoms with Gasteiger partial charge < -0.3 is 14.4 Å². The topological polar surface area (TPSA) is 88.7 Å². The zero-order chi connectivity index (χ0) is 22.9. The number of aliphatic carboxylic acids is 1. The molecular weight excluding hydrogens is 418 g/mol. The molecule has 7 nitrogen and oxygen atoms in total. The van der Waals surface area contributed by atoms with Crippen LogP contribution in [0.25, 0.3) is 33.6 Å². The van der Waals surface area contributed by atoms with Crippen LogP contribution in [0.3, 0.4) is 0 Å². The van der Waals surface area contributed by atoms with Gasteiger partial charge in [-0.25, -0.2) is 0 Å². The van der Waals surface area contributed by atoms with Crippen LogP contribution >= 0.6 is 0 Å². The summed E-state index contributed by atoms with van der Waals surface area (Å²) in [4.78, 5) is 17.9. The largest absolute Gasteiger partial charge is 0.491 e. The van der Waals surface area contributed by atoms with E-state index in [4.69, 9.17) is 14.4 Å². The first kappa shape index (κ1) is 21.2. The molecule has 33 heavy (non-hydrogen) atoms. The summed E-state index contributed by atoms with van der Waals surface area (Å²) in [7, 11) is 0. The van der Waals surface area contributed by atoms with Gasteiger partial charge in [0.2, 0.25) is 5.82 Å². The highest BCUT2D eigenvalue weighted by Crippen LogP contribution is 2.32. The molecule has 1 aromatic heterocycles. The number of hydrogen-bond donors (Lipinski definition) is 1. The van der Waals surface area contributed by atoms with Crippen molar-refractivity contribution < 1.29 is 19.2 Å². The molecule has 2 heterocycles. The number of fused-ring (bicyclic) bond motifs is 1. The number of benzene rings is 3. The van der Waals surface area contributed by atoms with E-state index in [1.54, 1.807) is 0 Å². The van der Waals surface area contributed by atoms with Crippen LogP contribution in [0.15, 0.2) is 65.2 Å². The van der Waals surface area contributed by atoms with E-state index in [0.29, 0.717) is 31.3 Å². The average molecular weight is 444 g/mol. The number of rotatable bonds is 7. The Morgan fingerprint density at radius 1 is 1.09 bits per heavy atom. The molecule has 168 valence electrons. The molecule has 0 unspecified atom stereocenters. The monoisotopic (exact) mass is 443 g/mol. The number of ether oxygens (including phenoxy) is 1. The minimum absolute atomic E-state index is 0.113. The van der Waals surface area contributed by atoms with Gasteiger partial charge in [-0.1, -0.05) is 41.6 Å². The minimum atomic E-state index is -0.721. The standard InChI is InChI=1S/C26H25N3O4/c1-16(2)32-20-10-7-17(8-11-20)25-27-24(28-33-25)23-12-9-18(21-5-3-4-6-22(21)23)13-29-14-19(15-29)26(30)31/h3-12,16,19H,13-15H2,1-2H3,(H,30,31). The molecule has 4 aromatic rings. The van der Waals surface area contributed by atoms with Crippen molar-refractivity contribution >= 4 is 16.7 Å². The Bertz CT molecular complexity index is 1290. The van der Waals surface area contributed by atoms with Crippen molar-refractivity contribution in [2.45, 2.75) is 26.5 Å². The second kappa shape index (κ2) is 8.67. The molecule has 1 aliphatic rings. The van der Waals surface area contributed by atoms with E-state index in [0.717, 1.165) is 33.2 Å². The summed E-state index contributed by atoms with van der Waals surface area (Å²) in [5, 5.41) is 15.5. The van der Waals surface area contributed by atoms with Gasteiger partial charge in [0.1, 0.15) is 5.75 Å². The summed E-state index contributed by atoms with van der Waals surface area (Å²) in [5.74, 6) is 0.799. The molecule has 1 fully saturated rings. The summed E-state index contributed by atoms with van der Waals surface area (Å²) in [5.41, 5.74) is 2.88. The fourth-order valence-electron chi connectivity index (χ4n) is 4.19. The van der Waals surface area contributed by atoms with Gasteiger partial charge in [-0.2, -0.15) is 4.98 Å². The van der Waals surface area contributed by atoms with Crippen LogP contribution in [0.4, 0.5) is 0 Å². The summed E-state index contributed by atoms with van der Waals surface area (Å²) < 4.78 is 11.3. The van der Waals surface area contributed by atoms with Gasteiger partial charge in [0.25, 0.3) is 5.89 Å². The van der Waals surface area contributed by atoms with Gasteiger partial charge in [-0.3, -0.25) is 9.69 Å². The van der Waals surface area contributed by atoms with E-state index >= 15 is 0 Å².